The van der Waals surface area contributed by atoms with E-state index in [1.165, 1.54) is 29.3 Å². The van der Waals surface area contributed by atoms with Crippen LogP contribution < -0.4 is 0 Å². The number of aromatic nitrogens is 1. The Morgan fingerprint density at radius 2 is 2.15 bits per heavy atom. The molecule has 0 bridgehead atoms. The molecule has 2 aliphatic heterocycles. The molecular formula is C21H26N2O3. The van der Waals surface area contributed by atoms with Gasteiger partial charge in [0.25, 0.3) is 0 Å². The van der Waals surface area contributed by atoms with Gasteiger partial charge in [0.05, 0.1) is 25.2 Å². The molecule has 1 aromatic carbocycles. The molecule has 5 atom stereocenters. The molecule has 0 amide bonds. The molecule has 1 saturated carbocycles. The molecule has 0 spiro atoms. The van der Waals surface area contributed by atoms with E-state index in [0.717, 1.165) is 32.4 Å². The second kappa shape index (κ2) is 6.10. The third-order valence-electron chi connectivity index (χ3n) is 7.02. The highest BCUT2D eigenvalue weighted by atomic mass is 16.5. The minimum absolute atomic E-state index is 0.199. The fourth-order valence-electron chi connectivity index (χ4n) is 5.80. The molecule has 5 nitrogen and oxygen atoms in total. The highest BCUT2D eigenvalue weighted by Crippen LogP contribution is 2.49. The van der Waals surface area contributed by atoms with Crippen LogP contribution in [0.1, 0.15) is 36.6 Å². The molecule has 138 valence electrons. The minimum atomic E-state index is -0.568. The van der Waals surface area contributed by atoms with E-state index in [0.29, 0.717) is 18.4 Å². The van der Waals surface area contributed by atoms with E-state index in [9.17, 15) is 9.90 Å². The van der Waals surface area contributed by atoms with Crippen molar-refractivity contribution in [2.45, 2.75) is 37.8 Å². The topological polar surface area (TPSA) is 65.6 Å². The first kappa shape index (κ1) is 16.3. The van der Waals surface area contributed by atoms with Gasteiger partial charge in [-0.05, 0) is 49.1 Å². The number of hydrogen-bond acceptors (Lipinski definition) is 4. The average Bonchev–Trinajstić information content (AvgIpc) is 3.05. The van der Waals surface area contributed by atoms with Crippen molar-refractivity contribution in [2.75, 3.05) is 20.2 Å². The Hall–Kier alpha value is -1.85. The molecule has 26 heavy (non-hydrogen) atoms. The van der Waals surface area contributed by atoms with Crippen molar-refractivity contribution in [1.29, 1.82) is 0 Å². The maximum Gasteiger partial charge on any atom is 0.311 e. The smallest absolute Gasteiger partial charge is 0.311 e. The van der Waals surface area contributed by atoms with Gasteiger partial charge >= 0.3 is 5.97 Å². The van der Waals surface area contributed by atoms with Crippen LogP contribution in [0.3, 0.4) is 0 Å². The SMILES string of the molecule is COC(=O)[C@H]1[C@@H]2C[C@H]3c4[nH]c5ccccc5c4CCN3C[C@H]2CC[C@@H]1O. The molecule has 1 aliphatic carbocycles. The van der Waals surface area contributed by atoms with Crippen molar-refractivity contribution in [2.24, 2.45) is 17.8 Å². The highest BCUT2D eigenvalue weighted by Gasteiger charge is 2.49. The summed E-state index contributed by atoms with van der Waals surface area (Å²) in [4.78, 5) is 18.6. The van der Waals surface area contributed by atoms with Crippen LogP contribution in [0, 0.1) is 17.8 Å². The Labute approximate surface area is 153 Å². The fraction of sp³-hybridized carbons (Fsp3) is 0.571. The zero-order valence-corrected chi connectivity index (χ0v) is 15.1. The maximum absolute atomic E-state index is 12.4. The van der Waals surface area contributed by atoms with Crippen LogP contribution in [-0.4, -0.2) is 47.3 Å². The third-order valence-corrected chi connectivity index (χ3v) is 7.02. The minimum Gasteiger partial charge on any atom is -0.469 e. The number of ether oxygens (including phenoxy) is 1. The lowest BCUT2D eigenvalue weighted by Gasteiger charge is -2.50. The number of H-pyrrole nitrogens is 1. The summed E-state index contributed by atoms with van der Waals surface area (Å²) in [6, 6.07) is 8.83. The van der Waals surface area contributed by atoms with E-state index in [-0.39, 0.29) is 17.8 Å². The van der Waals surface area contributed by atoms with Gasteiger partial charge in [0.1, 0.15) is 0 Å². The number of aromatic amines is 1. The summed E-state index contributed by atoms with van der Waals surface area (Å²) in [7, 11) is 1.43. The first-order chi connectivity index (χ1) is 12.7. The molecule has 3 aliphatic rings. The largest absolute Gasteiger partial charge is 0.469 e. The van der Waals surface area contributed by atoms with Gasteiger partial charge in [-0.25, -0.2) is 0 Å². The molecule has 1 saturated heterocycles. The number of para-hydroxylation sites is 1. The normalized spacial score (nSPS) is 34.0. The lowest BCUT2D eigenvalue weighted by Crippen LogP contribution is -2.53. The molecule has 2 N–H and O–H groups in total. The number of fused-ring (bicyclic) bond motifs is 6. The lowest BCUT2D eigenvalue weighted by atomic mass is 9.65. The molecule has 2 aromatic rings. The molecule has 0 radical (unpaired) electrons. The van der Waals surface area contributed by atoms with Gasteiger partial charge in [-0.3, -0.25) is 9.69 Å². The number of methoxy groups -OCH3 is 1. The maximum atomic E-state index is 12.4. The standard InChI is InChI=1S/C21H26N2O3/c1-26-21(25)19-15-10-17-20-14(13-4-2-3-5-16(13)22-20)8-9-23(17)11-12(15)6-7-18(19)24/h2-5,12,15,17-19,22,24H,6-11H2,1H3/t12-,15-,17+,18+,19+/m1/s1. The van der Waals surface area contributed by atoms with Crippen LogP contribution in [0.15, 0.2) is 24.3 Å². The number of carbonyl (C=O) groups is 1. The number of nitrogens with one attached hydrogen (secondary N) is 1. The lowest BCUT2D eigenvalue weighted by molar-refractivity contribution is -0.160. The fourth-order valence-corrected chi connectivity index (χ4v) is 5.80. The summed E-state index contributed by atoms with van der Waals surface area (Å²) in [6.07, 6.45) is 3.14. The van der Waals surface area contributed by atoms with Gasteiger partial charge < -0.3 is 14.8 Å². The second-order valence-electron chi connectivity index (χ2n) is 8.18. The van der Waals surface area contributed by atoms with Gasteiger partial charge in [-0.2, -0.15) is 0 Å². The van der Waals surface area contributed by atoms with Crippen molar-refractivity contribution >= 4 is 16.9 Å². The van der Waals surface area contributed by atoms with Crippen LogP contribution in [-0.2, 0) is 16.0 Å². The van der Waals surface area contributed by atoms with Gasteiger partial charge in [0.15, 0.2) is 0 Å². The summed E-state index contributed by atoms with van der Waals surface area (Å²) in [5, 5.41) is 11.8. The summed E-state index contributed by atoms with van der Waals surface area (Å²) in [6.45, 7) is 2.10. The first-order valence-electron chi connectivity index (χ1n) is 9.76. The van der Waals surface area contributed by atoms with Gasteiger partial charge in [-0.15, -0.1) is 0 Å². The van der Waals surface area contributed by atoms with Crippen LogP contribution in [0.4, 0.5) is 0 Å². The molecule has 3 heterocycles. The Morgan fingerprint density at radius 1 is 1.31 bits per heavy atom. The van der Waals surface area contributed by atoms with Crippen LogP contribution in [0.5, 0.6) is 0 Å². The van der Waals surface area contributed by atoms with Crippen LogP contribution in [0.2, 0.25) is 0 Å². The predicted octanol–water partition coefficient (Wildman–Crippen LogP) is 2.65. The molecule has 5 heteroatoms. The summed E-state index contributed by atoms with van der Waals surface area (Å²) in [5.74, 6) is 0.0541. The number of piperidine rings is 1. The summed E-state index contributed by atoms with van der Waals surface area (Å²) >= 11 is 0. The molecule has 0 unspecified atom stereocenters. The van der Waals surface area contributed by atoms with E-state index in [1.807, 2.05) is 0 Å². The van der Waals surface area contributed by atoms with Gasteiger partial charge in [0.2, 0.25) is 0 Å². The van der Waals surface area contributed by atoms with Crippen molar-refractivity contribution in [3.63, 3.8) is 0 Å². The van der Waals surface area contributed by atoms with Gasteiger partial charge in [0, 0.05) is 29.7 Å². The number of aliphatic hydroxyl groups is 1. The first-order valence-corrected chi connectivity index (χ1v) is 9.76. The number of hydrogen-bond donors (Lipinski definition) is 2. The van der Waals surface area contributed by atoms with Crippen molar-refractivity contribution in [3.05, 3.63) is 35.5 Å². The van der Waals surface area contributed by atoms with Crippen LogP contribution >= 0.6 is 0 Å². The molecule has 1 aromatic heterocycles. The third kappa shape index (κ3) is 2.33. The van der Waals surface area contributed by atoms with E-state index in [4.69, 9.17) is 4.74 Å². The Kier molecular flexibility index (Phi) is 3.83. The van der Waals surface area contributed by atoms with E-state index < -0.39 is 6.10 Å². The Bertz CT molecular complexity index is 845. The Balaban J connectivity index is 1.52. The zero-order valence-electron chi connectivity index (χ0n) is 15.1. The van der Waals surface area contributed by atoms with Crippen molar-refractivity contribution in [3.8, 4) is 0 Å². The second-order valence-corrected chi connectivity index (χ2v) is 8.18. The average molecular weight is 354 g/mol. The van der Waals surface area contributed by atoms with E-state index in [2.05, 4.69) is 34.1 Å². The molecule has 5 rings (SSSR count). The number of benzene rings is 1. The van der Waals surface area contributed by atoms with E-state index in [1.54, 1.807) is 0 Å². The zero-order chi connectivity index (χ0) is 17.8. The van der Waals surface area contributed by atoms with Gasteiger partial charge in [-0.1, -0.05) is 18.2 Å². The number of aliphatic hydroxyl groups excluding tert-OH is 1. The molecule has 2 fully saturated rings. The van der Waals surface area contributed by atoms with Crippen molar-refractivity contribution in [1.82, 2.24) is 9.88 Å². The predicted molar refractivity (Wildman–Crippen MR) is 98.7 cm³/mol. The van der Waals surface area contributed by atoms with Crippen LogP contribution in [0.25, 0.3) is 10.9 Å². The molecular weight excluding hydrogens is 328 g/mol. The summed E-state index contributed by atoms with van der Waals surface area (Å²) < 4.78 is 5.04. The number of rotatable bonds is 1. The Morgan fingerprint density at radius 3 is 3.00 bits per heavy atom. The van der Waals surface area contributed by atoms with E-state index >= 15 is 0 Å². The highest BCUT2D eigenvalue weighted by molar-refractivity contribution is 5.85. The summed E-state index contributed by atoms with van der Waals surface area (Å²) in [5.41, 5.74) is 3.96. The number of esters is 1. The monoisotopic (exact) mass is 354 g/mol. The number of carbonyl (C=O) groups excluding carboxylic acids is 1. The van der Waals surface area contributed by atoms with Crippen molar-refractivity contribution < 1.29 is 14.6 Å². The number of nitrogens with zero attached hydrogens (tertiary/aromatic N) is 1. The quantitative estimate of drug-likeness (QED) is 0.773.